The van der Waals surface area contributed by atoms with Gasteiger partial charge in [-0.05, 0) is 44.2 Å². The molecule has 0 aromatic heterocycles. The molecule has 0 fully saturated rings. The van der Waals surface area contributed by atoms with Crippen LogP contribution in [0.2, 0.25) is 0 Å². The van der Waals surface area contributed by atoms with Crippen LogP contribution in [-0.4, -0.2) is 18.4 Å². The lowest BCUT2D eigenvalue weighted by molar-refractivity contribution is -0.153. The van der Waals surface area contributed by atoms with Gasteiger partial charge < -0.3 is 4.74 Å². The number of carbonyl (C=O) groups excluding carboxylic acids is 2. The molecule has 1 aromatic carbocycles. The molecular weight excluding hydrogens is 240 g/mol. The number of esters is 1. The zero-order valence-corrected chi connectivity index (χ0v) is 11.8. The maximum atomic E-state index is 11.3. The highest BCUT2D eigenvalue weighted by Crippen LogP contribution is 2.12. The maximum Gasteiger partial charge on any atom is 0.374 e. The highest BCUT2D eigenvalue weighted by Gasteiger charge is 2.13. The van der Waals surface area contributed by atoms with E-state index in [2.05, 4.69) is 23.8 Å². The van der Waals surface area contributed by atoms with Crippen molar-refractivity contribution in [3.63, 3.8) is 0 Å². The summed E-state index contributed by atoms with van der Waals surface area (Å²) in [4.78, 5) is 22.4. The number of unbranched alkanes of at least 4 members (excludes halogenated alkanes) is 2. The van der Waals surface area contributed by atoms with Gasteiger partial charge in [-0.3, -0.25) is 4.79 Å². The molecule has 3 nitrogen and oxygen atoms in total. The van der Waals surface area contributed by atoms with E-state index in [-0.39, 0.29) is 6.61 Å². The monoisotopic (exact) mass is 262 g/mol. The van der Waals surface area contributed by atoms with Gasteiger partial charge in [0.1, 0.15) is 0 Å². The summed E-state index contributed by atoms with van der Waals surface area (Å²) in [5.41, 5.74) is 2.67. The fourth-order valence-corrected chi connectivity index (χ4v) is 1.98. The van der Waals surface area contributed by atoms with Crippen LogP contribution >= 0.6 is 0 Å². The van der Waals surface area contributed by atoms with Crippen LogP contribution in [0.15, 0.2) is 24.3 Å². The molecule has 0 N–H and O–H groups in total. The topological polar surface area (TPSA) is 43.4 Å². The molecular formula is C16H22O3. The van der Waals surface area contributed by atoms with Gasteiger partial charge in [-0.25, -0.2) is 4.79 Å². The van der Waals surface area contributed by atoms with Crippen molar-refractivity contribution >= 4 is 11.8 Å². The molecule has 0 bridgehead atoms. The molecule has 0 aliphatic carbocycles. The smallest absolute Gasteiger partial charge is 0.374 e. The Morgan fingerprint density at radius 3 is 2.53 bits per heavy atom. The van der Waals surface area contributed by atoms with Gasteiger partial charge in [0.05, 0.1) is 6.61 Å². The summed E-state index contributed by atoms with van der Waals surface area (Å²) < 4.78 is 4.66. The molecule has 19 heavy (non-hydrogen) atoms. The second kappa shape index (κ2) is 8.46. The molecule has 0 aliphatic heterocycles. The maximum absolute atomic E-state index is 11.3. The molecule has 0 aliphatic rings. The Balaban J connectivity index is 2.17. The first kappa shape index (κ1) is 15.4. The molecule has 0 unspecified atom stereocenters. The molecule has 1 aromatic rings. The fraction of sp³-hybridized carbons (Fsp3) is 0.500. The SMILES string of the molecule is CCOC(=O)C(=O)CCCCCc1ccccc1C. The average molecular weight is 262 g/mol. The summed E-state index contributed by atoms with van der Waals surface area (Å²) in [6.07, 6.45) is 4.08. The van der Waals surface area contributed by atoms with Crippen LogP contribution in [0.3, 0.4) is 0 Å². The second-order valence-electron chi connectivity index (χ2n) is 4.63. The van der Waals surface area contributed by atoms with E-state index in [1.54, 1.807) is 6.92 Å². The van der Waals surface area contributed by atoms with Gasteiger partial charge in [0.2, 0.25) is 5.78 Å². The van der Waals surface area contributed by atoms with E-state index >= 15 is 0 Å². The number of carbonyl (C=O) groups is 2. The molecule has 0 amide bonds. The van der Waals surface area contributed by atoms with Crippen molar-refractivity contribution in [2.45, 2.75) is 46.0 Å². The normalized spacial score (nSPS) is 10.2. The highest BCUT2D eigenvalue weighted by molar-refractivity contribution is 6.33. The summed E-state index contributed by atoms with van der Waals surface area (Å²) in [6, 6.07) is 8.34. The quantitative estimate of drug-likeness (QED) is 0.410. The lowest BCUT2D eigenvalue weighted by atomic mass is 10.0. The zero-order chi connectivity index (χ0) is 14.1. The first-order chi connectivity index (χ1) is 9.15. The number of Topliss-reactive ketones (excluding diaryl/α,β-unsaturated/α-hetero) is 1. The van der Waals surface area contributed by atoms with E-state index in [1.807, 2.05) is 12.1 Å². The van der Waals surface area contributed by atoms with E-state index < -0.39 is 11.8 Å². The predicted molar refractivity (Wildman–Crippen MR) is 75.0 cm³/mol. The molecule has 104 valence electrons. The molecule has 0 atom stereocenters. The van der Waals surface area contributed by atoms with Gasteiger partial charge in [-0.1, -0.05) is 30.7 Å². The molecule has 0 radical (unpaired) electrons. The number of ketones is 1. The highest BCUT2D eigenvalue weighted by atomic mass is 16.5. The Bertz CT molecular complexity index is 424. The Morgan fingerprint density at radius 1 is 1.11 bits per heavy atom. The van der Waals surface area contributed by atoms with Crippen molar-refractivity contribution in [2.24, 2.45) is 0 Å². The van der Waals surface area contributed by atoms with Crippen molar-refractivity contribution in [2.75, 3.05) is 6.61 Å². The van der Waals surface area contributed by atoms with Gasteiger partial charge >= 0.3 is 5.97 Å². The third kappa shape index (κ3) is 5.69. The number of hydrogen-bond donors (Lipinski definition) is 0. The number of aryl methyl sites for hydroxylation is 2. The third-order valence-electron chi connectivity index (χ3n) is 3.11. The van der Waals surface area contributed by atoms with Crippen LogP contribution in [0.4, 0.5) is 0 Å². The van der Waals surface area contributed by atoms with Crippen molar-refractivity contribution < 1.29 is 14.3 Å². The fourth-order valence-electron chi connectivity index (χ4n) is 1.98. The summed E-state index contributed by atoms with van der Waals surface area (Å²) >= 11 is 0. The minimum Gasteiger partial charge on any atom is -0.460 e. The first-order valence-corrected chi connectivity index (χ1v) is 6.89. The van der Waals surface area contributed by atoms with Crippen LogP contribution in [0.5, 0.6) is 0 Å². The molecule has 3 heteroatoms. The van der Waals surface area contributed by atoms with Gasteiger partial charge in [-0.2, -0.15) is 0 Å². The minimum absolute atomic E-state index is 0.262. The van der Waals surface area contributed by atoms with E-state index in [9.17, 15) is 9.59 Å². The lowest BCUT2D eigenvalue weighted by Crippen LogP contribution is -2.16. The van der Waals surface area contributed by atoms with Crippen molar-refractivity contribution in [1.29, 1.82) is 0 Å². The minimum atomic E-state index is -0.693. The lowest BCUT2D eigenvalue weighted by Gasteiger charge is -2.05. The van der Waals surface area contributed by atoms with E-state index in [0.29, 0.717) is 6.42 Å². The molecule has 0 saturated carbocycles. The van der Waals surface area contributed by atoms with Crippen LogP contribution in [0.1, 0.15) is 43.7 Å². The van der Waals surface area contributed by atoms with Crippen LogP contribution in [0.25, 0.3) is 0 Å². The Morgan fingerprint density at radius 2 is 1.84 bits per heavy atom. The summed E-state index contributed by atoms with van der Waals surface area (Å²) in [5.74, 6) is -1.10. The van der Waals surface area contributed by atoms with Gasteiger partial charge in [0, 0.05) is 6.42 Å². The van der Waals surface area contributed by atoms with Crippen molar-refractivity contribution in [1.82, 2.24) is 0 Å². The second-order valence-corrected chi connectivity index (χ2v) is 4.63. The van der Waals surface area contributed by atoms with Gasteiger partial charge in [-0.15, -0.1) is 0 Å². The van der Waals surface area contributed by atoms with Crippen molar-refractivity contribution in [3.8, 4) is 0 Å². The number of rotatable bonds is 8. The summed E-state index contributed by atoms with van der Waals surface area (Å²) in [7, 11) is 0. The molecule has 0 spiro atoms. The van der Waals surface area contributed by atoms with Crippen LogP contribution in [0, 0.1) is 6.92 Å². The van der Waals surface area contributed by atoms with Crippen LogP contribution in [-0.2, 0) is 20.7 Å². The van der Waals surface area contributed by atoms with Crippen LogP contribution < -0.4 is 0 Å². The van der Waals surface area contributed by atoms with Crippen molar-refractivity contribution in [3.05, 3.63) is 35.4 Å². The average Bonchev–Trinajstić information content (AvgIpc) is 2.40. The summed E-state index contributed by atoms with van der Waals surface area (Å²) in [5, 5.41) is 0. The zero-order valence-electron chi connectivity index (χ0n) is 11.8. The predicted octanol–water partition coefficient (Wildman–Crippen LogP) is 3.23. The first-order valence-electron chi connectivity index (χ1n) is 6.89. The number of hydrogen-bond acceptors (Lipinski definition) is 3. The Labute approximate surface area is 115 Å². The van der Waals surface area contributed by atoms with E-state index in [1.165, 1.54) is 11.1 Å². The number of benzene rings is 1. The van der Waals surface area contributed by atoms with Gasteiger partial charge in [0.25, 0.3) is 0 Å². The molecule has 0 heterocycles. The summed E-state index contributed by atoms with van der Waals surface area (Å²) in [6.45, 7) is 4.07. The van der Waals surface area contributed by atoms with Gasteiger partial charge in [0.15, 0.2) is 0 Å². The molecule has 1 rings (SSSR count). The van der Waals surface area contributed by atoms with E-state index in [4.69, 9.17) is 0 Å². The number of ether oxygens (including phenoxy) is 1. The molecule has 0 saturated heterocycles. The largest absolute Gasteiger partial charge is 0.460 e. The Hall–Kier alpha value is -1.64. The Kier molecular flexibility index (Phi) is 6.86. The standard InChI is InChI=1S/C16H22O3/c1-3-19-16(18)15(17)12-6-4-5-10-14-11-8-7-9-13(14)2/h7-9,11H,3-6,10,12H2,1-2H3. The third-order valence-corrected chi connectivity index (χ3v) is 3.11. The van der Waals surface area contributed by atoms with E-state index in [0.717, 1.165) is 25.7 Å².